The molecule has 0 spiro atoms. The average molecular weight is 430 g/mol. The molecule has 0 saturated heterocycles. The number of aromatic carboxylic acids is 1. The van der Waals surface area contributed by atoms with Gasteiger partial charge in [-0.3, -0.25) is 10.1 Å². The van der Waals surface area contributed by atoms with Crippen molar-refractivity contribution in [3.63, 3.8) is 0 Å². The summed E-state index contributed by atoms with van der Waals surface area (Å²) in [4.78, 5) is 22.8. The Kier molecular flexibility index (Phi) is 6.99. The van der Waals surface area contributed by atoms with E-state index in [9.17, 15) is 9.59 Å². The Morgan fingerprint density at radius 1 is 1.04 bits per heavy atom. The average Bonchev–Trinajstić information content (AvgIpc) is 2.53. The molecular formula is C17H11Cl3N2O3S. The number of hydrogen-bond donors (Lipinski definition) is 3. The summed E-state index contributed by atoms with van der Waals surface area (Å²) in [6.07, 6.45) is 2.79. The van der Waals surface area contributed by atoms with Gasteiger partial charge in [-0.2, -0.15) is 0 Å². The van der Waals surface area contributed by atoms with Crippen LogP contribution >= 0.6 is 47.0 Å². The lowest BCUT2D eigenvalue weighted by atomic mass is 10.2. The smallest absolute Gasteiger partial charge is 0.337 e. The third-order valence-corrected chi connectivity index (χ3v) is 4.15. The first-order valence-corrected chi connectivity index (χ1v) is 8.58. The van der Waals surface area contributed by atoms with Gasteiger partial charge in [0.2, 0.25) is 5.91 Å². The van der Waals surface area contributed by atoms with Crippen molar-refractivity contribution in [2.24, 2.45) is 0 Å². The van der Waals surface area contributed by atoms with Crippen LogP contribution in [-0.2, 0) is 4.79 Å². The molecule has 0 aliphatic heterocycles. The van der Waals surface area contributed by atoms with Gasteiger partial charge in [-0.1, -0.05) is 40.9 Å². The molecule has 0 unspecified atom stereocenters. The van der Waals surface area contributed by atoms with E-state index in [-0.39, 0.29) is 15.7 Å². The van der Waals surface area contributed by atoms with Crippen LogP contribution in [0.25, 0.3) is 6.08 Å². The van der Waals surface area contributed by atoms with Gasteiger partial charge in [0.05, 0.1) is 10.6 Å². The van der Waals surface area contributed by atoms with Gasteiger partial charge in [0.1, 0.15) is 0 Å². The van der Waals surface area contributed by atoms with Gasteiger partial charge < -0.3 is 10.4 Å². The van der Waals surface area contributed by atoms with Crippen molar-refractivity contribution in [3.8, 4) is 0 Å². The number of carboxylic acid groups (broad SMARTS) is 1. The summed E-state index contributed by atoms with van der Waals surface area (Å²) < 4.78 is 0. The molecule has 0 heterocycles. The Morgan fingerprint density at radius 3 is 2.38 bits per heavy atom. The molecule has 0 radical (unpaired) electrons. The molecule has 0 aliphatic rings. The highest BCUT2D eigenvalue weighted by atomic mass is 35.5. The summed E-state index contributed by atoms with van der Waals surface area (Å²) in [5.74, 6) is -1.61. The second-order valence-electron chi connectivity index (χ2n) is 4.94. The normalized spacial score (nSPS) is 10.6. The maximum Gasteiger partial charge on any atom is 0.337 e. The highest BCUT2D eigenvalue weighted by Crippen LogP contribution is 2.22. The molecule has 134 valence electrons. The van der Waals surface area contributed by atoms with E-state index >= 15 is 0 Å². The molecule has 26 heavy (non-hydrogen) atoms. The zero-order valence-electron chi connectivity index (χ0n) is 12.9. The molecule has 1 amide bonds. The van der Waals surface area contributed by atoms with Gasteiger partial charge in [-0.25, -0.2) is 4.79 Å². The minimum Gasteiger partial charge on any atom is -0.478 e. The minimum atomic E-state index is -1.14. The molecule has 0 fully saturated rings. The van der Waals surface area contributed by atoms with Crippen molar-refractivity contribution in [2.45, 2.75) is 0 Å². The van der Waals surface area contributed by atoms with Crippen LogP contribution in [0.5, 0.6) is 0 Å². The maximum absolute atomic E-state index is 11.9. The number of hydrogen-bond acceptors (Lipinski definition) is 3. The zero-order valence-corrected chi connectivity index (χ0v) is 16.0. The molecule has 5 nitrogen and oxygen atoms in total. The number of carbonyl (C=O) groups is 2. The van der Waals surface area contributed by atoms with E-state index in [4.69, 9.17) is 52.1 Å². The standard InChI is InChI=1S/C17H11Cl3N2O3S/c18-10-3-1-9(13(19)7-10)2-6-15(23)22-17(26)21-11-4-5-12(16(24)25)14(20)8-11/h1-8H,(H,24,25)(H2,21,22,23,26)/b6-2+. The van der Waals surface area contributed by atoms with Crippen LogP contribution < -0.4 is 10.6 Å². The topological polar surface area (TPSA) is 78.4 Å². The van der Waals surface area contributed by atoms with E-state index in [2.05, 4.69) is 10.6 Å². The molecule has 0 aliphatic carbocycles. The molecule has 0 bridgehead atoms. The molecule has 0 atom stereocenters. The molecule has 2 rings (SSSR count). The van der Waals surface area contributed by atoms with Crippen LogP contribution in [0.4, 0.5) is 5.69 Å². The number of rotatable bonds is 4. The van der Waals surface area contributed by atoms with E-state index in [1.807, 2.05) is 0 Å². The lowest BCUT2D eigenvalue weighted by molar-refractivity contribution is -0.115. The first kappa shape index (κ1) is 20.2. The Balaban J connectivity index is 1.97. The largest absolute Gasteiger partial charge is 0.478 e. The zero-order chi connectivity index (χ0) is 19.3. The van der Waals surface area contributed by atoms with Crippen molar-refractivity contribution < 1.29 is 14.7 Å². The molecule has 0 saturated carbocycles. The van der Waals surface area contributed by atoms with Gasteiger partial charge in [0.25, 0.3) is 0 Å². The quantitative estimate of drug-likeness (QED) is 0.477. The summed E-state index contributed by atoms with van der Waals surface area (Å²) in [6.45, 7) is 0. The van der Waals surface area contributed by atoms with Crippen LogP contribution in [0.2, 0.25) is 15.1 Å². The second kappa shape index (κ2) is 9.00. The molecule has 9 heteroatoms. The SMILES string of the molecule is O=C(/C=C/c1ccc(Cl)cc1Cl)NC(=S)Nc1ccc(C(=O)O)c(Cl)c1. The van der Waals surface area contributed by atoms with Crippen LogP contribution in [0.15, 0.2) is 42.5 Å². The van der Waals surface area contributed by atoms with Gasteiger partial charge in [0.15, 0.2) is 5.11 Å². The van der Waals surface area contributed by atoms with Crippen molar-refractivity contribution in [1.82, 2.24) is 5.32 Å². The fraction of sp³-hybridized carbons (Fsp3) is 0. The lowest BCUT2D eigenvalue weighted by Gasteiger charge is -2.09. The number of carboxylic acids is 1. The molecule has 2 aromatic carbocycles. The fourth-order valence-electron chi connectivity index (χ4n) is 1.88. The van der Waals surface area contributed by atoms with Crippen LogP contribution in [0.3, 0.4) is 0 Å². The van der Waals surface area contributed by atoms with Gasteiger partial charge in [-0.05, 0) is 54.2 Å². The van der Waals surface area contributed by atoms with E-state index in [1.54, 1.807) is 18.2 Å². The number of anilines is 1. The number of benzene rings is 2. The number of halogens is 3. The second-order valence-corrected chi connectivity index (χ2v) is 6.60. The fourth-order valence-corrected chi connectivity index (χ4v) is 2.84. The third-order valence-electron chi connectivity index (χ3n) is 3.07. The first-order valence-electron chi connectivity index (χ1n) is 7.04. The maximum atomic E-state index is 11.9. The van der Waals surface area contributed by atoms with Gasteiger partial charge >= 0.3 is 5.97 Å². The monoisotopic (exact) mass is 428 g/mol. The summed E-state index contributed by atoms with van der Waals surface area (Å²) in [7, 11) is 0. The number of thiocarbonyl (C=S) groups is 1. The highest BCUT2D eigenvalue weighted by Gasteiger charge is 2.10. The van der Waals surface area contributed by atoms with Crippen LogP contribution in [0, 0.1) is 0 Å². The summed E-state index contributed by atoms with van der Waals surface area (Å²) in [5.41, 5.74) is 1.03. The number of carbonyl (C=O) groups excluding carboxylic acids is 1. The Hall–Kier alpha value is -2.12. The Labute approximate surface area is 169 Å². The van der Waals surface area contributed by atoms with E-state index < -0.39 is 11.9 Å². The van der Waals surface area contributed by atoms with Crippen LogP contribution in [-0.4, -0.2) is 22.1 Å². The molecular weight excluding hydrogens is 419 g/mol. The summed E-state index contributed by atoms with van der Waals surface area (Å²) >= 11 is 22.7. The Bertz CT molecular complexity index is 916. The van der Waals surface area contributed by atoms with Crippen molar-refractivity contribution in [3.05, 3.63) is 68.7 Å². The number of nitrogens with one attached hydrogen (secondary N) is 2. The Morgan fingerprint density at radius 2 is 1.77 bits per heavy atom. The van der Waals surface area contributed by atoms with E-state index in [0.29, 0.717) is 21.3 Å². The molecule has 0 aromatic heterocycles. The predicted octanol–water partition coefficient (Wildman–Crippen LogP) is 4.87. The highest BCUT2D eigenvalue weighted by molar-refractivity contribution is 7.80. The van der Waals surface area contributed by atoms with E-state index in [1.165, 1.54) is 30.4 Å². The lowest BCUT2D eigenvalue weighted by Crippen LogP contribution is -2.32. The van der Waals surface area contributed by atoms with Gasteiger partial charge in [-0.15, -0.1) is 0 Å². The van der Waals surface area contributed by atoms with E-state index in [0.717, 1.165) is 0 Å². The first-order chi connectivity index (χ1) is 12.3. The van der Waals surface area contributed by atoms with Crippen molar-refractivity contribution >= 4 is 75.8 Å². The van der Waals surface area contributed by atoms with Crippen molar-refractivity contribution in [1.29, 1.82) is 0 Å². The minimum absolute atomic E-state index is 0.0287. The number of amides is 1. The summed E-state index contributed by atoms with van der Waals surface area (Å²) in [6, 6.07) is 9.11. The van der Waals surface area contributed by atoms with Gasteiger partial charge in [0, 0.05) is 21.8 Å². The van der Waals surface area contributed by atoms with Crippen molar-refractivity contribution in [2.75, 3.05) is 5.32 Å². The third kappa shape index (κ3) is 5.71. The van der Waals surface area contributed by atoms with Crippen LogP contribution in [0.1, 0.15) is 15.9 Å². The predicted molar refractivity (Wildman–Crippen MR) is 108 cm³/mol. The molecule has 3 N–H and O–H groups in total. The summed E-state index contributed by atoms with van der Waals surface area (Å²) in [5, 5.41) is 15.1. The molecule has 2 aromatic rings.